The molecule has 1 aromatic carbocycles. The number of nitrogens with one attached hydrogen (secondary N) is 1. The molecule has 4 heteroatoms. The lowest BCUT2D eigenvalue weighted by Crippen LogP contribution is -2.54. The Morgan fingerprint density at radius 3 is 2.97 bits per heavy atom. The van der Waals surface area contributed by atoms with Gasteiger partial charge < -0.3 is 15.0 Å². The quantitative estimate of drug-likeness (QED) is 0.573. The fraction of sp³-hybridized carbons (Fsp3) is 0.654. The van der Waals surface area contributed by atoms with E-state index in [0.29, 0.717) is 18.3 Å². The van der Waals surface area contributed by atoms with Crippen LogP contribution in [0.2, 0.25) is 0 Å². The van der Waals surface area contributed by atoms with E-state index in [2.05, 4.69) is 48.3 Å². The number of hydrogen-bond donors (Lipinski definition) is 1. The molecule has 162 valence electrons. The number of rotatable bonds is 5. The summed E-state index contributed by atoms with van der Waals surface area (Å²) in [5, 5.41) is 3.28. The Morgan fingerprint density at radius 2 is 2.13 bits per heavy atom. The van der Waals surface area contributed by atoms with Gasteiger partial charge >= 0.3 is 0 Å². The molecule has 1 amide bonds. The Balaban J connectivity index is 1.23. The molecule has 1 N–H and O–H groups in total. The molecule has 30 heavy (non-hydrogen) atoms. The lowest BCUT2D eigenvalue weighted by Gasteiger charge is -2.49. The smallest absolute Gasteiger partial charge is 0.224 e. The summed E-state index contributed by atoms with van der Waals surface area (Å²) in [5.41, 5.74) is 4.36. The largest absolute Gasteiger partial charge is 0.494 e. The van der Waals surface area contributed by atoms with E-state index < -0.39 is 0 Å². The summed E-state index contributed by atoms with van der Waals surface area (Å²) in [4.78, 5) is 14.5. The number of hydrogen-bond acceptors (Lipinski definition) is 3. The van der Waals surface area contributed by atoms with E-state index in [1.807, 2.05) is 0 Å². The Bertz CT molecular complexity index is 847. The second-order valence-electron chi connectivity index (χ2n) is 10.1. The van der Waals surface area contributed by atoms with Crippen molar-refractivity contribution in [3.8, 4) is 5.75 Å². The van der Waals surface area contributed by atoms with Crippen molar-refractivity contribution in [2.45, 2.75) is 82.7 Å². The molecular weight excluding hydrogens is 372 g/mol. The first-order valence-corrected chi connectivity index (χ1v) is 12.0. The molecule has 2 aliphatic carbocycles. The maximum atomic E-state index is 11.9. The standard InChI is InChI=1S/C26H36N2O2/c1-18-5-3-14-28(18)15-4-16-30-20-7-9-21-19(17-20)6-8-23-22(21)12-13-26(2)24(23)10-11-25(29)27-26/h7,9-10,17-18,22-23H,3-6,8,11-16H2,1-2H3,(H,27,29)/t18-,22-,23-,26+/m1/s1. The minimum Gasteiger partial charge on any atom is -0.494 e. The molecule has 5 rings (SSSR count). The number of carbonyl (C=O) groups is 1. The van der Waals surface area contributed by atoms with Gasteiger partial charge in [0.05, 0.1) is 12.1 Å². The Labute approximate surface area is 181 Å². The van der Waals surface area contributed by atoms with Gasteiger partial charge in [0.1, 0.15) is 5.75 Å². The van der Waals surface area contributed by atoms with E-state index in [1.54, 1.807) is 0 Å². The number of benzene rings is 1. The molecule has 4 atom stereocenters. The van der Waals surface area contributed by atoms with E-state index in [0.717, 1.165) is 50.6 Å². The zero-order valence-corrected chi connectivity index (χ0v) is 18.6. The zero-order chi connectivity index (χ0) is 20.7. The van der Waals surface area contributed by atoms with Gasteiger partial charge in [0.25, 0.3) is 0 Å². The van der Waals surface area contributed by atoms with Crippen LogP contribution in [-0.4, -0.2) is 42.1 Å². The summed E-state index contributed by atoms with van der Waals surface area (Å²) in [7, 11) is 0. The molecule has 1 saturated heterocycles. The number of fused-ring (bicyclic) bond motifs is 5. The first kappa shape index (κ1) is 20.1. The van der Waals surface area contributed by atoms with Crippen LogP contribution in [0.25, 0.3) is 0 Å². The number of ether oxygens (including phenoxy) is 1. The maximum absolute atomic E-state index is 11.9. The number of aryl methyl sites for hydroxylation is 1. The molecule has 0 unspecified atom stereocenters. The lowest BCUT2D eigenvalue weighted by atomic mass is 9.59. The van der Waals surface area contributed by atoms with E-state index >= 15 is 0 Å². The predicted molar refractivity (Wildman–Crippen MR) is 120 cm³/mol. The molecular formula is C26H36N2O2. The summed E-state index contributed by atoms with van der Waals surface area (Å²) in [6, 6.07) is 7.56. The third-order valence-electron chi connectivity index (χ3n) is 8.19. The normalized spacial score (nSPS) is 33.2. The van der Waals surface area contributed by atoms with E-state index in [9.17, 15) is 4.79 Å². The molecule has 4 aliphatic rings. The van der Waals surface area contributed by atoms with Crippen molar-refractivity contribution in [3.63, 3.8) is 0 Å². The highest BCUT2D eigenvalue weighted by molar-refractivity contribution is 5.81. The molecule has 0 bridgehead atoms. The number of carbonyl (C=O) groups excluding carboxylic acids is 1. The average Bonchev–Trinajstić information content (AvgIpc) is 3.14. The molecule has 1 saturated carbocycles. The molecule has 0 radical (unpaired) electrons. The van der Waals surface area contributed by atoms with Crippen LogP contribution in [0.1, 0.15) is 75.8 Å². The van der Waals surface area contributed by atoms with Crippen molar-refractivity contribution in [2.24, 2.45) is 5.92 Å². The van der Waals surface area contributed by atoms with Crippen molar-refractivity contribution in [1.29, 1.82) is 0 Å². The Hall–Kier alpha value is -1.81. The van der Waals surface area contributed by atoms with Crippen molar-refractivity contribution in [1.82, 2.24) is 10.2 Å². The van der Waals surface area contributed by atoms with Gasteiger partial charge in [-0.25, -0.2) is 0 Å². The number of nitrogens with zero attached hydrogens (tertiary/aromatic N) is 1. The second kappa shape index (κ2) is 8.03. The van der Waals surface area contributed by atoms with Crippen molar-refractivity contribution in [3.05, 3.63) is 41.0 Å². The van der Waals surface area contributed by atoms with Gasteiger partial charge in [-0.3, -0.25) is 4.79 Å². The van der Waals surface area contributed by atoms with E-state index in [1.165, 1.54) is 42.5 Å². The van der Waals surface area contributed by atoms with Gasteiger partial charge in [-0.2, -0.15) is 0 Å². The maximum Gasteiger partial charge on any atom is 0.224 e. The van der Waals surface area contributed by atoms with Crippen LogP contribution in [0.3, 0.4) is 0 Å². The summed E-state index contributed by atoms with van der Waals surface area (Å²) < 4.78 is 6.13. The summed E-state index contributed by atoms with van der Waals surface area (Å²) in [6.07, 6.45) is 11.1. The van der Waals surface area contributed by atoms with Gasteiger partial charge in [0.2, 0.25) is 5.91 Å². The molecule has 2 fully saturated rings. The van der Waals surface area contributed by atoms with E-state index in [4.69, 9.17) is 4.74 Å². The lowest BCUT2D eigenvalue weighted by molar-refractivity contribution is -0.122. The predicted octanol–water partition coefficient (Wildman–Crippen LogP) is 4.58. The molecule has 2 aliphatic heterocycles. The Morgan fingerprint density at radius 1 is 1.23 bits per heavy atom. The van der Waals surface area contributed by atoms with Crippen LogP contribution in [0, 0.1) is 5.92 Å². The fourth-order valence-electron chi connectivity index (χ4n) is 6.56. The van der Waals surface area contributed by atoms with Gasteiger partial charge in [-0.1, -0.05) is 12.1 Å². The van der Waals surface area contributed by atoms with Crippen LogP contribution in [0.5, 0.6) is 5.75 Å². The highest BCUT2D eigenvalue weighted by atomic mass is 16.5. The average molecular weight is 409 g/mol. The monoisotopic (exact) mass is 408 g/mol. The van der Waals surface area contributed by atoms with Gasteiger partial charge in [0.15, 0.2) is 0 Å². The fourth-order valence-corrected chi connectivity index (χ4v) is 6.56. The third kappa shape index (κ3) is 3.68. The highest BCUT2D eigenvalue weighted by Gasteiger charge is 2.46. The van der Waals surface area contributed by atoms with Crippen LogP contribution in [-0.2, 0) is 11.2 Å². The topological polar surface area (TPSA) is 41.6 Å². The molecule has 2 heterocycles. The van der Waals surface area contributed by atoms with Gasteiger partial charge in [0, 0.05) is 19.0 Å². The van der Waals surface area contributed by atoms with Gasteiger partial charge in [-0.05, 0) is 106 Å². The number of amides is 1. The van der Waals surface area contributed by atoms with Crippen molar-refractivity contribution >= 4 is 5.91 Å². The van der Waals surface area contributed by atoms with Crippen LogP contribution >= 0.6 is 0 Å². The van der Waals surface area contributed by atoms with Crippen LogP contribution in [0.15, 0.2) is 29.8 Å². The van der Waals surface area contributed by atoms with Gasteiger partial charge in [-0.15, -0.1) is 0 Å². The molecule has 1 aromatic rings. The van der Waals surface area contributed by atoms with Crippen LogP contribution < -0.4 is 10.1 Å². The minimum absolute atomic E-state index is 0.121. The van der Waals surface area contributed by atoms with E-state index in [-0.39, 0.29) is 11.4 Å². The number of likely N-dealkylation sites (tertiary alicyclic amines) is 1. The van der Waals surface area contributed by atoms with Crippen molar-refractivity contribution in [2.75, 3.05) is 19.7 Å². The minimum atomic E-state index is -0.121. The second-order valence-corrected chi connectivity index (χ2v) is 10.1. The molecule has 0 aromatic heterocycles. The SMILES string of the molecule is C[C@@H]1CCCN1CCCOc1ccc2c(c1)CC[C@H]1C3=CCC(=O)N[C@@]3(C)CC[C@H]21. The van der Waals surface area contributed by atoms with Crippen LogP contribution in [0.4, 0.5) is 0 Å². The summed E-state index contributed by atoms with van der Waals surface area (Å²) >= 11 is 0. The third-order valence-corrected chi connectivity index (χ3v) is 8.19. The first-order chi connectivity index (χ1) is 14.5. The van der Waals surface area contributed by atoms with Crippen molar-refractivity contribution < 1.29 is 9.53 Å². The zero-order valence-electron chi connectivity index (χ0n) is 18.6. The first-order valence-electron chi connectivity index (χ1n) is 12.0. The summed E-state index contributed by atoms with van der Waals surface area (Å²) in [5.74, 6) is 2.38. The Kier molecular flexibility index (Phi) is 5.38. The highest BCUT2D eigenvalue weighted by Crippen LogP contribution is 2.52. The molecule has 4 nitrogen and oxygen atoms in total. The molecule has 0 spiro atoms. The summed E-state index contributed by atoms with van der Waals surface area (Å²) in [6.45, 7) is 7.78.